The molecule has 1 aliphatic carbocycles. The van der Waals surface area contributed by atoms with Crippen LogP contribution in [0.15, 0.2) is 53.8 Å². The Morgan fingerprint density at radius 3 is 2.68 bits per heavy atom. The molecule has 0 atom stereocenters. The Morgan fingerprint density at radius 2 is 1.95 bits per heavy atom. The van der Waals surface area contributed by atoms with Crippen LogP contribution in [0.25, 0.3) is 39.5 Å². The summed E-state index contributed by atoms with van der Waals surface area (Å²) in [6.45, 7) is 3.48. The van der Waals surface area contributed by atoms with Gasteiger partial charge in [-0.05, 0) is 56.0 Å². The van der Waals surface area contributed by atoms with Crippen LogP contribution >= 0.6 is 11.6 Å². The van der Waals surface area contributed by atoms with Crippen molar-refractivity contribution < 1.29 is 9.90 Å². The van der Waals surface area contributed by atoms with Gasteiger partial charge in [-0.15, -0.1) is 0 Å². The van der Waals surface area contributed by atoms with Gasteiger partial charge in [0.1, 0.15) is 11.5 Å². The number of hydrogen-bond donors (Lipinski definition) is 1. The number of halogens is 1. The Morgan fingerprint density at radius 1 is 1.14 bits per heavy atom. The minimum absolute atomic E-state index is 0.270. The molecule has 1 saturated heterocycles. The molecule has 1 aromatic carbocycles. The molecule has 2 aliphatic rings. The average molecular weight is 515 g/mol. The summed E-state index contributed by atoms with van der Waals surface area (Å²) in [5.41, 5.74) is 4.79. The molecule has 3 aromatic heterocycles. The quantitative estimate of drug-likeness (QED) is 0.447. The molecule has 0 saturated carbocycles. The second-order valence-corrected chi connectivity index (χ2v) is 10.2. The third-order valence-electron chi connectivity index (χ3n) is 7.28. The van der Waals surface area contributed by atoms with Gasteiger partial charge in [0.25, 0.3) is 0 Å². The first kappa shape index (κ1) is 23.5. The maximum atomic E-state index is 11.3. The zero-order valence-electron chi connectivity index (χ0n) is 20.7. The van der Waals surface area contributed by atoms with Crippen LogP contribution < -0.4 is 15.5 Å². The number of carboxylic acid groups (broad SMARTS) is 1. The normalized spacial score (nSPS) is 16.4. The first-order valence-electron chi connectivity index (χ1n) is 12.4. The molecule has 6 rings (SSSR count). The Kier molecular flexibility index (Phi) is 5.83. The molecule has 4 heterocycles. The highest BCUT2D eigenvalue weighted by molar-refractivity contribution is 6.34. The van der Waals surface area contributed by atoms with E-state index in [1.54, 1.807) is 0 Å². The number of anilines is 1. The molecule has 0 unspecified atom stereocenters. The number of hydrogen-bond acceptors (Lipinski definition) is 5. The second-order valence-electron chi connectivity index (χ2n) is 9.76. The van der Waals surface area contributed by atoms with Crippen molar-refractivity contribution in [2.75, 3.05) is 18.0 Å². The predicted octanol–water partition coefficient (Wildman–Crippen LogP) is 3.60. The van der Waals surface area contributed by atoms with E-state index in [0.717, 1.165) is 50.7 Å². The van der Waals surface area contributed by atoms with Crippen LogP contribution in [-0.4, -0.2) is 48.7 Å². The second kappa shape index (κ2) is 9.19. The standard InChI is InChI=1S/C28H27ClN6O2/c1-17-6-7-19(29)14-22-26(21-4-3-5-24-23(21)16-33(2)31-24)32-35(27(17)22)20-8-9-25(30-15-20)34-12-10-18(11-13-34)28(36)37/h3-5,7-9,14-16,18H,6,10-13H2,1-2H3,(H,36,37). The molecule has 1 fully saturated rings. The topological polar surface area (TPSA) is 89.1 Å². The molecular formula is C28H27ClN6O2. The molecule has 0 bridgehead atoms. The van der Waals surface area contributed by atoms with Crippen LogP contribution in [-0.2, 0) is 11.8 Å². The number of pyridine rings is 1. The fourth-order valence-corrected chi connectivity index (χ4v) is 5.51. The molecule has 1 N–H and O–H groups in total. The zero-order valence-corrected chi connectivity index (χ0v) is 21.5. The van der Waals surface area contributed by atoms with E-state index in [9.17, 15) is 9.90 Å². The minimum atomic E-state index is -0.710. The summed E-state index contributed by atoms with van der Waals surface area (Å²) in [7, 11) is 1.92. The highest BCUT2D eigenvalue weighted by Gasteiger charge is 2.25. The summed E-state index contributed by atoms with van der Waals surface area (Å²) in [5, 5.41) is 22.7. The summed E-state index contributed by atoms with van der Waals surface area (Å²) < 4.78 is 3.78. The molecular weight excluding hydrogens is 488 g/mol. The number of rotatable bonds is 4. The number of aliphatic carboxylic acids is 1. The molecule has 1 aliphatic heterocycles. The van der Waals surface area contributed by atoms with Crippen LogP contribution in [0, 0.1) is 5.92 Å². The molecule has 0 radical (unpaired) electrons. The van der Waals surface area contributed by atoms with Gasteiger partial charge in [0.15, 0.2) is 0 Å². The number of carboxylic acids is 1. The number of piperidine rings is 1. The summed E-state index contributed by atoms with van der Waals surface area (Å²) in [6.07, 6.45) is 9.87. The summed E-state index contributed by atoms with van der Waals surface area (Å²) in [5.74, 6) is -0.130. The van der Waals surface area contributed by atoms with E-state index in [1.807, 2.05) is 65.2 Å². The van der Waals surface area contributed by atoms with E-state index in [0.29, 0.717) is 31.0 Å². The van der Waals surface area contributed by atoms with Crippen molar-refractivity contribution in [1.29, 1.82) is 0 Å². The van der Waals surface area contributed by atoms with Gasteiger partial charge >= 0.3 is 5.97 Å². The van der Waals surface area contributed by atoms with Gasteiger partial charge in [0.2, 0.25) is 0 Å². The monoisotopic (exact) mass is 514 g/mol. The van der Waals surface area contributed by atoms with Gasteiger partial charge in [-0.3, -0.25) is 9.48 Å². The number of aromatic nitrogens is 5. The first-order chi connectivity index (χ1) is 17.9. The van der Waals surface area contributed by atoms with Crippen molar-refractivity contribution in [3.8, 4) is 16.9 Å². The van der Waals surface area contributed by atoms with Crippen molar-refractivity contribution in [3.63, 3.8) is 0 Å². The van der Waals surface area contributed by atoms with Gasteiger partial charge < -0.3 is 10.0 Å². The Labute approximate surface area is 218 Å². The number of allylic oxidation sites excluding steroid dienone is 2. The third-order valence-corrected chi connectivity index (χ3v) is 7.54. The lowest BCUT2D eigenvalue weighted by Gasteiger charge is -2.31. The van der Waals surface area contributed by atoms with E-state index >= 15 is 0 Å². The van der Waals surface area contributed by atoms with E-state index in [4.69, 9.17) is 21.7 Å². The Hall–Kier alpha value is -3.91. The van der Waals surface area contributed by atoms with Crippen LogP contribution in [0.3, 0.4) is 0 Å². The smallest absolute Gasteiger partial charge is 0.306 e. The highest BCUT2D eigenvalue weighted by atomic mass is 35.5. The van der Waals surface area contributed by atoms with E-state index in [1.165, 1.54) is 5.57 Å². The average Bonchev–Trinajstić information content (AvgIpc) is 3.43. The molecule has 8 nitrogen and oxygen atoms in total. The zero-order chi connectivity index (χ0) is 25.7. The number of benzene rings is 1. The van der Waals surface area contributed by atoms with Crippen molar-refractivity contribution >= 4 is 45.9 Å². The molecule has 37 heavy (non-hydrogen) atoms. The van der Waals surface area contributed by atoms with E-state index in [2.05, 4.69) is 23.0 Å². The molecule has 0 spiro atoms. The van der Waals surface area contributed by atoms with E-state index in [-0.39, 0.29) is 5.92 Å². The van der Waals surface area contributed by atoms with Crippen LogP contribution in [0.5, 0.6) is 0 Å². The fraction of sp³-hybridized carbons (Fsp3) is 0.286. The number of nitrogens with zero attached hydrogens (tertiary/aromatic N) is 6. The largest absolute Gasteiger partial charge is 0.481 e. The highest BCUT2D eigenvalue weighted by Crippen LogP contribution is 2.26. The van der Waals surface area contributed by atoms with Gasteiger partial charge in [-0.1, -0.05) is 29.8 Å². The van der Waals surface area contributed by atoms with Crippen molar-refractivity contribution in [1.82, 2.24) is 24.5 Å². The predicted molar refractivity (Wildman–Crippen MR) is 145 cm³/mol. The van der Waals surface area contributed by atoms with E-state index < -0.39 is 5.97 Å². The van der Waals surface area contributed by atoms with Crippen LogP contribution in [0.2, 0.25) is 0 Å². The molecule has 9 heteroatoms. The number of aryl methyl sites for hydroxylation is 1. The van der Waals surface area contributed by atoms with Gasteiger partial charge in [-0.2, -0.15) is 10.2 Å². The molecule has 188 valence electrons. The first-order valence-corrected chi connectivity index (χ1v) is 12.8. The lowest BCUT2D eigenvalue weighted by atomic mass is 9.97. The fourth-order valence-electron chi connectivity index (χ4n) is 5.32. The molecule has 4 aromatic rings. The Balaban J connectivity index is 1.46. The lowest BCUT2D eigenvalue weighted by Crippen LogP contribution is -2.36. The SMILES string of the molecule is CC1=c2c(c(-c3cccc4nn(C)cc34)nn2-c2ccc(N3CCC(C(=O)O)CC3)nc2)=CC(Cl)=CC1. The maximum Gasteiger partial charge on any atom is 0.306 e. The van der Waals surface area contributed by atoms with Crippen LogP contribution in [0.1, 0.15) is 26.2 Å². The van der Waals surface area contributed by atoms with Crippen molar-refractivity contribution in [2.45, 2.75) is 26.2 Å². The Bertz CT molecular complexity index is 1670. The number of carbonyl (C=O) groups is 1. The maximum absolute atomic E-state index is 11.3. The lowest BCUT2D eigenvalue weighted by molar-refractivity contribution is -0.142. The minimum Gasteiger partial charge on any atom is -0.481 e. The van der Waals surface area contributed by atoms with Gasteiger partial charge in [0, 0.05) is 47.5 Å². The summed E-state index contributed by atoms with van der Waals surface area (Å²) >= 11 is 6.57. The van der Waals surface area contributed by atoms with Gasteiger partial charge in [-0.25, -0.2) is 9.67 Å². The summed E-state index contributed by atoms with van der Waals surface area (Å²) in [4.78, 5) is 18.2. The van der Waals surface area contributed by atoms with Gasteiger partial charge in [0.05, 0.1) is 28.7 Å². The third kappa shape index (κ3) is 4.21. The molecule has 0 amide bonds. The summed E-state index contributed by atoms with van der Waals surface area (Å²) in [6, 6.07) is 10.1. The van der Waals surface area contributed by atoms with Crippen LogP contribution in [0.4, 0.5) is 5.82 Å². The van der Waals surface area contributed by atoms with Crippen molar-refractivity contribution in [3.05, 3.63) is 64.4 Å². The number of fused-ring (bicyclic) bond motifs is 2. The van der Waals surface area contributed by atoms with Crippen molar-refractivity contribution in [2.24, 2.45) is 13.0 Å².